The Kier molecular flexibility index (Phi) is 6.94. The Bertz CT molecular complexity index is 1020. The number of benzene rings is 2. The summed E-state index contributed by atoms with van der Waals surface area (Å²) in [5.74, 6) is -0.444. The zero-order chi connectivity index (χ0) is 21.3. The maximum atomic E-state index is 12.1. The lowest BCUT2D eigenvalue weighted by Crippen LogP contribution is -2.20. The van der Waals surface area contributed by atoms with Crippen LogP contribution < -0.4 is 15.4 Å². The molecule has 1 aromatic heterocycles. The summed E-state index contributed by atoms with van der Waals surface area (Å²) in [4.78, 5) is 24.0. The van der Waals surface area contributed by atoms with Gasteiger partial charge in [0, 0.05) is 18.3 Å². The van der Waals surface area contributed by atoms with Crippen LogP contribution >= 0.6 is 0 Å². The Morgan fingerprint density at radius 2 is 1.87 bits per heavy atom. The van der Waals surface area contributed by atoms with E-state index in [4.69, 9.17) is 4.42 Å². The van der Waals surface area contributed by atoms with E-state index in [9.17, 15) is 18.4 Å². The predicted octanol–water partition coefficient (Wildman–Crippen LogP) is 4.46. The third kappa shape index (κ3) is 6.30. The van der Waals surface area contributed by atoms with Gasteiger partial charge in [-0.15, -0.1) is 0 Å². The van der Waals surface area contributed by atoms with Crippen molar-refractivity contribution in [2.45, 2.75) is 13.2 Å². The number of anilines is 1. The molecule has 3 aromatic rings. The Labute approximate surface area is 171 Å². The molecule has 0 bridgehead atoms. The van der Waals surface area contributed by atoms with Crippen LogP contribution in [0.25, 0.3) is 6.08 Å². The Hall–Kier alpha value is -3.94. The van der Waals surface area contributed by atoms with Crippen molar-refractivity contribution in [2.24, 2.45) is 0 Å². The zero-order valence-corrected chi connectivity index (χ0v) is 15.7. The molecule has 1 heterocycles. The van der Waals surface area contributed by atoms with Crippen molar-refractivity contribution < 1.29 is 27.5 Å². The summed E-state index contributed by atoms with van der Waals surface area (Å²) in [6.07, 6.45) is 4.31. The summed E-state index contributed by atoms with van der Waals surface area (Å²) >= 11 is 0. The molecule has 0 fully saturated rings. The second-order valence-electron chi connectivity index (χ2n) is 6.13. The van der Waals surface area contributed by atoms with Gasteiger partial charge in [0.25, 0.3) is 5.91 Å². The molecule has 0 atom stereocenters. The average Bonchev–Trinajstić information content (AvgIpc) is 3.27. The molecule has 0 spiro atoms. The number of furan rings is 1. The summed E-state index contributed by atoms with van der Waals surface area (Å²) in [6.45, 7) is -2.62. The molecule has 0 radical (unpaired) electrons. The van der Waals surface area contributed by atoms with Crippen molar-refractivity contribution in [1.82, 2.24) is 5.32 Å². The summed E-state index contributed by atoms with van der Waals surface area (Å²) < 4.78 is 33.6. The zero-order valence-electron chi connectivity index (χ0n) is 15.7. The number of carbonyl (C=O) groups is 2. The number of amides is 2. The van der Waals surface area contributed by atoms with E-state index in [-0.39, 0.29) is 29.9 Å². The molecule has 6 nitrogen and oxygen atoms in total. The van der Waals surface area contributed by atoms with Crippen molar-refractivity contribution in [2.75, 3.05) is 5.32 Å². The van der Waals surface area contributed by atoms with Crippen LogP contribution in [0.4, 0.5) is 14.5 Å². The summed E-state index contributed by atoms with van der Waals surface area (Å²) in [7, 11) is 0. The van der Waals surface area contributed by atoms with Gasteiger partial charge in [0.05, 0.1) is 6.26 Å². The number of hydrogen-bond acceptors (Lipinski definition) is 4. The molecule has 0 aliphatic carbocycles. The molecule has 0 saturated carbocycles. The normalized spacial score (nSPS) is 10.9. The lowest BCUT2D eigenvalue weighted by molar-refractivity contribution is -0.116. The highest BCUT2D eigenvalue weighted by molar-refractivity contribution is 6.02. The molecule has 2 N–H and O–H groups in total. The van der Waals surface area contributed by atoms with Crippen molar-refractivity contribution in [3.8, 4) is 5.75 Å². The minimum atomic E-state index is -2.88. The van der Waals surface area contributed by atoms with E-state index in [1.54, 1.807) is 48.5 Å². The van der Waals surface area contributed by atoms with Crippen molar-refractivity contribution >= 4 is 23.6 Å². The number of alkyl halides is 2. The summed E-state index contributed by atoms with van der Waals surface area (Å²) in [6, 6.07) is 16.1. The van der Waals surface area contributed by atoms with Gasteiger partial charge in [-0.2, -0.15) is 8.78 Å². The quantitative estimate of drug-likeness (QED) is 0.535. The van der Waals surface area contributed by atoms with Gasteiger partial charge in [0.1, 0.15) is 5.75 Å². The fourth-order valence-corrected chi connectivity index (χ4v) is 2.54. The van der Waals surface area contributed by atoms with Crippen LogP contribution in [0.2, 0.25) is 0 Å². The fraction of sp³-hybridized carbons (Fsp3) is 0.0909. The standard InChI is InChI=1S/C22H18F2N2O4/c23-22(24)30-18-9-6-15(7-10-18)8-11-20(27)25-14-16-3-1-4-17(13-16)26-21(28)19-5-2-12-29-19/h1-13,22H,14H2,(H,25,27)(H,26,28)/b11-8+. The molecule has 0 aliphatic heterocycles. The number of hydrogen-bond donors (Lipinski definition) is 2. The van der Waals surface area contributed by atoms with Gasteiger partial charge in [-0.1, -0.05) is 24.3 Å². The molecule has 3 rings (SSSR count). The summed E-state index contributed by atoms with van der Waals surface area (Å²) in [5, 5.41) is 5.45. The van der Waals surface area contributed by atoms with Gasteiger partial charge >= 0.3 is 6.61 Å². The second-order valence-corrected chi connectivity index (χ2v) is 6.13. The lowest BCUT2D eigenvalue weighted by Gasteiger charge is -2.07. The van der Waals surface area contributed by atoms with Gasteiger partial charge < -0.3 is 19.8 Å². The monoisotopic (exact) mass is 412 g/mol. The number of carbonyl (C=O) groups excluding carboxylic acids is 2. The van der Waals surface area contributed by atoms with Crippen molar-refractivity contribution in [1.29, 1.82) is 0 Å². The summed E-state index contributed by atoms with van der Waals surface area (Å²) in [5.41, 5.74) is 2.03. The van der Waals surface area contributed by atoms with Gasteiger partial charge in [0.15, 0.2) is 5.76 Å². The number of nitrogens with one attached hydrogen (secondary N) is 2. The van der Waals surface area contributed by atoms with Crippen LogP contribution in [-0.4, -0.2) is 18.4 Å². The van der Waals surface area contributed by atoms with E-state index >= 15 is 0 Å². The van der Waals surface area contributed by atoms with Gasteiger partial charge in [-0.3, -0.25) is 9.59 Å². The van der Waals surface area contributed by atoms with Gasteiger partial charge in [-0.05, 0) is 53.6 Å². The first kappa shape index (κ1) is 20.8. The minimum absolute atomic E-state index is 0.0469. The molecule has 154 valence electrons. The van der Waals surface area contributed by atoms with Crippen LogP contribution in [0, 0.1) is 0 Å². The lowest BCUT2D eigenvalue weighted by atomic mass is 10.2. The Morgan fingerprint density at radius 3 is 2.57 bits per heavy atom. The first-order valence-corrected chi connectivity index (χ1v) is 8.94. The molecule has 2 aromatic carbocycles. The first-order chi connectivity index (χ1) is 14.5. The highest BCUT2D eigenvalue weighted by Gasteiger charge is 2.09. The molecular weight excluding hydrogens is 394 g/mol. The highest BCUT2D eigenvalue weighted by Crippen LogP contribution is 2.16. The third-order valence-corrected chi connectivity index (χ3v) is 3.93. The Morgan fingerprint density at radius 1 is 1.07 bits per heavy atom. The molecule has 0 saturated heterocycles. The first-order valence-electron chi connectivity index (χ1n) is 8.94. The van der Waals surface area contributed by atoms with E-state index in [0.29, 0.717) is 11.3 Å². The molecule has 8 heteroatoms. The highest BCUT2D eigenvalue weighted by atomic mass is 19.3. The van der Waals surface area contributed by atoms with Crippen molar-refractivity contribution in [3.05, 3.63) is 89.9 Å². The maximum absolute atomic E-state index is 12.1. The minimum Gasteiger partial charge on any atom is -0.459 e. The molecule has 30 heavy (non-hydrogen) atoms. The fourth-order valence-electron chi connectivity index (χ4n) is 2.54. The number of halogens is 2. The predicted molar refractivity (Wildman–Crippen MR) is 107 cm³/mol. The molecular formula is C22H18F2N2O4. The van der Waals surface area contributed by atoms with Crippen LogP contribution in [-0.2, 0) is 11.3 Å². The molecule has 0 aliphatic rings. The third-order valence-electron chi connectivity index (χ3n) is 3.93. The van der Waals surface area contributed by atoms with Gasteiger partial charge in [0.2, 0.25) is 5.91 Å². The Balaban J connectivity index is 1.50. The van der Waals surface area contributed by atoms with Crippen LogP contribution in [0.1, 0.15) is 21.7 Å². The smallest absolute Gasteiger partial charge is 0.387 e. The van der Waals surface area contributed by atoms with E-state index in [2.05, 4.69) is 15.4 Å². The molecule has 2 amide bonds. The number of ether oxygens (including phenoxy) is 1. The maximum Gasteiger partial charge on any atom is 0.387 e. The van der Waals surface area contributed by atoms with E-state index in [1.165, 1.54) is 24.5 Å². The van der Waals surface area contributed by atoms with Crippen molar-refractivity contribution in [3.63, 3.8) is 0 Å². The SMILES string of the molecule is O=C(/C=C/c1ccc(OC(F)F)cc1)NCc1cccc(NC(=O)c2ccco2)c1. The molecule has 0 unspecified atom stereocenters. The van der Waals surface area contributed by atoms with Crippen LogP contribution in [0.5, 0.6) is 5.75 Å². The average molecular weight is 412 g/mol. The van der Waals surface area contributed by atoms with E-state index < -0.39 is 6.61 Å². The van der Waals surface area contributed by atoms with Crippen LogP contribution in [0.15, 0.2) is 77.4 Å². The van der Waals surface area contributed by atoms with Gasteiger partial charge in [-0.25, -0.2) is 0 Å². The van der Waals surface area contributed by atoms with Crippen LogP contribution in [0.3, 0.4) is 0 Å². The largest absolute Gasteiger partial charge is 0.459 e. The second kappa shape index (κ2) is 10.0. The van der Waals surface area contributed by atoms with E-state index in [0.717, 1.165) is 5.56 Å². The topological polar surface area (TPSA) is 80.6 Å². The number of rotatable bonds is 8. The van der Waals surface area contributed by atoms with E-state index in [1.807, 2.05) is 6.07 Å².